The smallest absolute Gasteiger partial charge is 0.310 e. The van der Waals surface area contributed by atoms with E-state index in [-0.39, 0.29) is 17.8 Å². The van der Waals surface area contributed by atoms with Crippen molar-refractivity contribution < 1.29 is 18.7 Å². The van der Waals surface area contributed by atoms with Gasteiger partial charge >= 0.3 is 5.97 Å². The fourth-order valence-electron chi connectivity index (χ4n) is 3.69. The molecule has 0 radical (unpaired) electrons. The molecular weight excluding hydrogens is 318 g/mol. The first-order chi connectivity index (χ1) is 12.0. The van der Waals surface area contributed by atoms with Crippen LogP contribution in [0, 0.1) is 19.8 Å². The quantitative estimate of drug-likeness (QED) is 0.799. The number of aryl methyl sites for hydroxylation is 2. The van der Waals surface area contributed by atoms with E-state index < -0.39 is 0 Å². The molecule has 2 heterocycles. The number of hydrogen-bond acceptors (Lipinski definition) is 4. The summed E-state index contributed by atoms with van der Waals surface area (Å²) in [6.45, 7) is 7.40. The lowest BCUT2D eigenvalue weighted by Crippen LogP contribution is -2.43. The highest BCUT2D eigenvalue weighted by Gasteiger charge is 2.29. The van der Waals surface area contributed by atoms with Crippen LogP contribution in [0.3, 0.4) is 0 Å². The Bertz CT molecular complexity index is 792. The first-order valence-corrected chi connectivity index (χ1v) is 8.91. The summed E-state index contributed by atoms with van der Waals surface area (Å²) < 4.78 is 10.8. The summed E-state index contributed by atoms with van der Waals surface area (Å²) in [5.74, 6) is -0.361. The van der Waals surface area contributed by atoms with Crippen LogP contribution >= 0.6 is 0 Å². The molecule has 1 saturated heterocycles. The Balaban J connectivity index is 1.73. The molecule has 1 atom stereocenters. The highest BCUT2D eigenvalue weighted by atomic mass is 16.5. The van der Waals surface area contributed by atoms with Crippen molar-refractivity contribution in [1.29, 1.82) is 0 Å². The third-order valence-electron chi connectivity index (χ3n) is 4.83. The number of likely N-dealkylation sites (tertiary alicyclic amines) is 1. The first-order valence-electron chi connectivity index (χ1n) is 8.91. The Morgan fingerprint density at radius 3 is 2.88 bits per heavy atom. The second kappa shape index (κ2) is 7.30. The summed E-state index contributed by atoms with van der Waals surface area (Å²) in [5, 5.41) is 1.03. The van der Waals surface area contributed by atoms with Gasteiger partial charge in [-0.05, 0) is 50.8 Å². The van der Waals surface area contributed by atoms with Crippen molar-refractivity contribution >= 4 is 22.8 Å². The number of piperidine rings is 1. The van der Waals surface area contributed by atoms with Crippen LogP contribution in [0.15, 0.2) is 22.8 Å². The Kier molecular flexibility index (Phi) is 5.11. The van der Waals surface area contributed by atoms with Gasteiger partial charge in [0.05, 0.1) is 25.2 Å². The van der Waals surface area contributed by atoms with Crippen molar-refractivity contribution in [3.8, 4) is 0 Å². The van der Waals surface area contributed by atoms with Gasteiger partial charge in [0, 0.05) is 24.0 Å². The van der Waals surface area contributed by atoms with Gasteiger partial charge in [-0.1, -0.05) is 6.07 Å². The van der Waals surface area contributed by atoms with Crippen LogP contribution in [0.25, 0.3) is 11.0 Å². The van der Waals surface area contributed by atoms with E-state index in [0.29, 0.717) is 26.1 Å². The molecule has 1 aromatic carbocycles. The lowest BCUT2D eigenvalue weighted by molar-refractivity contribution is -0.151. The molecule has 2 aromatic rings. The second-order valence-electron chi connectivity index (χ2n) is 6.82. The normalized spacial score (nSPS) is 17.7. The number of hydrogen-bond donors (Lipinski definition) is 0. The van der Waals surface area contributed by atoms with Crippen LogP contribution in [-0.2, 0) is 20.7 Å². The number of carbonyl (C=O) groups excluding carboxylic acids is 2. The number of fused-ring (bicyclic) bond motifs is 1. The Morgan fingerprint density at radius 2 is 2.12 bits per heavy atom. The molecule has 0 bridgehead atoms. The number of benzene rings is 1. The van der Waals surface area contributed by atoms with E-state index in [1.807, 2.05) is 19.9 Å². The zero-order valence-corrected chi connectivity index (χ0v) is 15.1. The molecule has 1 aliphatic rings. The maximum atomic E-state index is 12.7. The molecule has 1 amide bonds. The molecule has 0 saturated carbocycles. The Morgan fingerprint density at radius 1 is 1.32 bits per heavy atom. The molecule has 1 unspecified atom stereocenters. The number of rotatable bonds is 4. The molecule has 3 rings (SSSR count). The Hall–Kier alpha value is -2.30. The number of nitrogens with zero attached hydrogens (tertiary/aromatic N) is 1. The van der Waals surface area contributed by atoms with Gasteiger partial charge in [-0.2, -0.15) is 0 Å². The van der Waals surface area contributed by atoms with Crippen LogP contribution in [0.2, 0.25) is 0 Å². The van der Waals surface area contributed by atoms with Crippen LogP contribution in [0.5, 0.6) is 0 Å². The number of furan rings is 1. The number of carbonyl (C=O) groups is 2. The topological polar surface area (TPSA) is 59.8 Å². The molecule has 134 valence electrons. The molecule has 5 heteroatoms. The highest BCUT2D eigenvalue weighted by molar-refractivity contribution is 5.90. The Labute approximate surface area is 147 Å². The minimum atomic E-state index is -0.205. The molecule has 0 aliphatic carbocycles. The van der Waals surface area contributed by atoms with E-state index in [1.165, 1.54) is 0 Å². The summed E-state index contributed by atoms with van der Waals surface area (Å²) >= 11 is 0. The summed E-state index contributed by atoms with van der Waals surface area (Å²) in [4.78, 5) is 26.5. The van der Waals surface area contributed by atoms with Gasteiger partial charge in [0.15, 0.2) is 0 Å². The van der Waals surface area contributed by atoms with Gasteiger partial charge in [0.1, 0.15) is 5.58 Å². The number of amides is 1. The van der Waals surface area contributed by atoms with Gasteiger partial charge < -0.3 is 14.1 Å². The maximum absolute atomic E-state index is 12.7. The van der Waals surface area contributed by atoms with Gasteiger partial charge in [0.25, 0.3) is 0 Å². The van der Waals surface area contributed by atoms with Crippen molar-refractivity contribution in [1.82, 2.24) is 4.90 Å². The molecule has 0 spiro atoms. The van der Waals surface area contributed by atoms with Gasteiger partial charge in [0.2, 0.25) is 5.91 Å². The molecule has 5 nitrogen and oxygen atoms in total. The van der Waals surface area contributed by atoms with E-state index in [4.69, 9.17) is 9.15 Å². The van der Waals surface area contributed by atoms with E-state index in [0.717, 1.165) is 40.5 Å². The standard InChI is InChI=1S/C20H25NO4/c1-4-24-20(23)15-6-5-7-21(11-15)18(22)10-16-12-25-17-9-13(2)8-14(3)19(16)17/h8-9,12,15H,4-7,10-11H2,1-3H3. The predicted octanol–water partition coefficient (Wildman–Crippen LogP) is 3.39. The van der Waals surface area contributed by atoms with Crippen molar-refractivity contribution in [2.75, 3.05) is 19.7 Å². The van der Waals surface area contributed by atoms with Gasteiger partial charge in [-0.15, -0.1) is 0 Å². The number of ether oxygens (including phenoxy) is 1. The first kappa shape index (κ1) is 17.5. The van der Waals surface area contributed by atoms with E-state index in [2.05, 4.69) is 6.07 Å². The summed E-state index contributed by atoms with van der Waals surface area (Å²) in [6.07, 6.45) is 3.60. The summed E-state index contributed by atoms with van der Waals surface area (Å²) in [6, 6.07) is 4.09. The third-order valence-corrected chi connectivity index (χ3v) is 4.83. The third kappa shape index (κ3) is 3.70. The molecular formula is C20H25NO4. The van der Waals surface area contributed by atoms with E-state index >= 15 is 0 Å². The maximum Gasteiger partial charge on any atom is 0.310 e. The average Bonchev–Trinajstić information content (AvgIpc) is 2.98. The largest absolute Gasteiger partial charge is 0.466 e. The molecule has 1 aromatic heterocycles. The predicted molar refractivity (Wildman–Crippen MR) is 95.3 cm³/mol. The van der Waals surface area contributed by atoms with Crippen molar-refractivity contribution in [3.05, 3.63) is 35.1 Å². The molecule has 0 N–H and O–H groups in total. The average molecular weight is 343 g/mol. The summed E-state index contributed by atoms with van der Waals surface area (Å²) in [5.41, 5.74) is 4.00. The van der Waals surface area contributed by atoms with E-state index in [9.17, 15) is 9.59 Å². The number of esters is 1. The SMILES string of the molecule is CCOC(=O)C1CCCN(C(=O)Cc2coc3cc(C)cc(C)c23)C1. The molecule has 1 fully saturated rings. The molecule has 1 aliphatic heterocycles. The second-order valence-corrected chi connectivity index (χ2v) is 6.82. The fourth-order valence-corrected chi connectivity index (χ4v) is 3.69. The zero-order valence-electron chi connectivity index (χ0n) is 15.1. The lowest BCUT2D eigenvalue weighted by Gasteiger charge is -2.31. The monoisotopic (exact) mass is 343 g/mol. The van der Waals surface area contributed by atoms with Crippen molar-refractivity contribution in [2.45, 2.75) is 40.0 Å². The van der Waals surface area contributed by atoms with Crippen molar-refractivity contribution in [3.63, 3.8) is 0 Å². The van der Waals surface area contributed by atoms with Gasteiger partial charge in [-0.25, -0.2) is 0 Å². The van der Waals surface area contributed by atoms with E-state index in [1.54, 1.807) is 18.1 Å². The fraction of sp³-hybridized carbons (Fsp3) is 0.500. The lowest BCUT2D eigenvalue weighted by atomic mass is 9.97. The van der Waals surface area contributed by atoms with Crippen LogP contribution in [-0.4, -0.2) is 36.5 Å². The summed E-state index contributed by atoms with van der Waals surface area (Å²) in [7, 11) is 0. The highest BCUT2D eigenvalue weighted by Crippen LogP contribution is 2.27. The van der Waals surface area contributed by atoms with Crippen LogP contribution in [0.4, 0.5) is 0 Å². The minimum absolute atomic E-state index is 0.0386. The molecule has 25 heavy (non-hydrogen) atoms. The van der Waals surface area contributed by atoms with Crippen LogP contribution < -0.4 is 0 Å². The minimum Gasteiger partial charge on any atom is -0.466 e. The van der Waals surface area contributed by atoms with Crippen molar-refractivity contribution in [2.24, 2.45) is 5.92 Å². The zero-order chi connectivity index (χ0) is 18.0. The van der Waals surface area contributed by atoms with Gasteiger partial charge in [-0.3, -0.25) is 9.59 Å². The van der Waals surface area contributed by atoms with Crippen LogP contribution in [0.1, 0.15) is 36.5 Å².